The van der Waals surface area contributed by atoms with Gasteiger partial charge in [-0.05, 0) is 40.0 Å². The molecular formula is C12H13BrFN5. The van der Waals surface area contributed by atoms with Gasteiger partial charge in [-0.2, -0.15) is 4.98 Å². The topological polar surface area (TPSA) is 75.9 Å². The summed E-state index contributed by atoms with van der Waals surface area (Å²) in [6.45, 7) is 0.672. The Hall–Kier alpha value is -1.73. The molecule has 0 saturated heterocycles. The Morgan fingerprint density at radius 1 is 1.26 bits per heavy atom. The van der Waals surface area contributed by atoms with Crippen molar-refractivity contribution in [3.8, 4) is 0 Å². The van der Waals surface area contributed by atoms with Crippen LogP contribution in [0.3, 0.4) is 0 Å². The number of anilines is 2. The summed E-state index contributed by atoms with van der Waals surface area (Å²) >= 11 is 3.35. The van der Waals surface area contributed by atoms with Crippen molar-refractivity contribution in [3.05, 3.63) is 46.3 Å². The van der Waals surface area contributed by atoms with Crippen LogP contribution in [-0.4, -0.2) is 16.5 Å². The lowest BCUT2D eigenvalue weighted by Gasteiger charge is -2.08. The molecule has 4 N–H and O–H groups in total. The fourth-order valence-electron chi connectivity index (χ4n) is 1.54. The van der Waals surface area contributed by atoms with Gasteiger partial charge in [0.15, 0.2) is 0 Å². The Labute approximate surface area is 118 Å². The number of rotatable bonds is 5. The Balaban J connectivity index is 1.93. The van der Waals surface area contributed by atoms with Crippen LogP contribution in [0.4, 0.5) is 16.2 Å². The van der Waals surface area contributed by atoms with Gasteiger partial charge in [0.1, 0.15) is 11.6 Å². The predicted octanol–water partition coefficient (Wildman–Crippen LogP) is 2.32. The number of hydrogen-bond donors (Lipinski definition) is 3. The van der Waals surface area contributed by atoms with E-state index in [0.29, 0.717) is 18.3 Å². The summed E-state index contributed by atoms with van der Waals surface area (Å²) in [6.07, 6.45) is 2.38. The van der Waals surface area contributed by atoms with Gasteiger partial charge in [0.2, 0.25) is 5.95 Å². The molecule has 0 radical (unpaired) electrons. The first kappa shape index (κ1) is 13.7. The molecule has 0 aliphatic heterocycles. The summed E-state index contributed by atoms with van der Waals surface area (Å²) in [7, 11) is 0. The molecule has 5 nitrogen and oxygen atoms in total. The highest BCUT2D eigenvalue weighted by molar-refractivity contribution is 9.10. The first-order chi connectivity index (χ1) is 9.19. The Bertz CT molecular complexity index is 546. The molecule has 2 aromatic rings. The summed E-state index contributed by atoms with van der Waals surface area (Å²) in [4.78, 5) is 8.13. The molecular weight excluding hydrogens is 313 g/mol. The van der Waals surface area contributed by atoms with Crippen LogP contribution in [0.5, 0.6) is 0 Å². The molecule has 0 saturated carbocycles. The van der Waals surface area contributed by atoms with E-state index in [9.17, 15) is 4.39 Å². The first-order valence-electron chi connectivity index (χ1n) is 5.66. The Morgan fingerprint density at radius 2 is 2.00 bits per heavy atom. The minimum atomic E-state index is -0.228. The highest BCUT2D eigenvalue weighted by atomic mass is 79.9. The van der Waals surface area contributed by atoms with Crippen molar-refractivity contribution < 1.29 is 4.39 Å². The number of hydrazine groups is 1. The maximum absolute atomic E-state index is 12.8. The molecule has 0 amide bonds. The number of halogens is 2. The van der Waals surface area contributed by atoms with Crippen LogP contribution in [0.25, 0.3) is 0 Å². The lowest BCUT2D eigenvalue weighted by molar-refractivity contribution is 0.627. The van der Waals surface area contributed by atoms with Crippen LogP contribution in [-0.2, 0) is 6.42 Å². The normalized spacial score (nSPS) is 10.3. The second-order valence-corrected chi connectivity index (χ2v) is 4.69. The molecule has 7 heteroatoms. The maximum atomic E-state index is 12.8. The highest BCUT2D eigenvalue weighted by Crippen LogP contribution is 2.19. The van der Waals surface area contributed by atoms with Crippen LogP contribution in [0.2, 0.25) is 0 Å². The number of nitrogens with two attached hydrogens (primary N) is 1. The molecule has 19 heavy (non-hydrogen) atoms. The van der Waals surface area contributed by atoms with Gasteiger partial charge in [0, 0.05) is 12.7 Å². The van der Waals surface area contributed by atoms with Gasteiger partial charge < -0.3 is 5.32 Å². The van der Waals surface area contributed by atoms with Gasteiger partial charge in [0.25, 0.3) is 0 Å². The largest absolute Gasteiger partial charge is 0.369 e. The van der Waals surface area contributed by atoms with Crippen LogP contribution in [0.1, 0.15) is 5.56 Å². The zero-order valence-corrected chi connectivity index (χ0v) is 11.6. The zero-order valence-electron chi connectivity index (χ0n) is 10.0. The van der Waals surface area contributed by atoms with Crippen molar-refractivity contribution in [1.29, 1.82) is 0 Å². The smallest absolute Gasteiger partial charge is 0.239 e. The third-order valence-corrected chi connectivity index (χ3v) is 3.07. The molecule has 0 aliphatic rings. The minimum Gasteiger partial charge on any atom is -0.369 e. The van der Waals surface area contributed by atoms with Crippen molar-refractivity contribution in [2.45, 2.75) is 6.42 Å². The van der Waals surface area contributed by atoms with Gasteiger partial charge in [-0.3, -0.25) is 5.43 Å². The molecule has 2 rings (SSSR count). The number of aromatic nitrogens is 2. The van der Waals surface area contributed by atoms with Crippen LogP contribution in [0, 0.1) is 5.82 Å². The Morgan fingerprint density at radius 3 is 2.68 bits per heavy atom. The van der Waals surface area contributed by atoms with E-state index in [-0.39, 0.29) is 5.82 Å². The number of hydrogen-bond acceptors (Lipinski definition) is 5. The molecule has 1 heterocycles. The molecule has 1 aromatic heterocycles. The molecule has 0 aliphatic carbocycles. The number of nitrogen functional groups attached to an aromatic ring is 1. The van der Waals surface area contributed by atoms with Gasteiger partial charge in [0.05, 0.1) is 4.47 Å². The van der Waals surface area contributed by atoms with Crippen LogP contribution < -0.4 is 16.6 Å². The van der Waals surface area contributed by atoms with E-state index in [0.717, 1.165) is 16.5 Å². The fourth-order valence-corrected chi connectivity index (χ4v) is 1.87. The van der Waals surface area contributed by atoms with E-state index >= 15 is 0 Å². The summed E-state index contributed by atoms with van der Waals surface area (Å²) in [5, 5.41) is 3.16. The van der Waals surface area contributed by atoms with E-state index in [4.69, 9.17) is 5.84 Å². The van der Waals surface area contributed by atoms with Gasteiger partial charge in [-0.25, -0.2) is 15.2 Å². The van der Waals surface area contributed by atoms with E-state index in [2.05, 4.69) is 36.6 Å². The molecule has 0 fully saturated rings. The number of nitrogens with one attached hydrogen (secondary N) is 2. The SMILES string of the molecule is NNc1ncc(Br)c(NCCc2ccc(F)cc2)n1. The van der Waals surface area contributed by atoms with Gasteiger partial charge >= 0.3 is 0 Å². The third kappa shape index (κ3) is 3.87. The predicted molar refractivity (Wildman–Crippen MR) is 76.1 cm³/mol. The van der Waals surface area contributed by atoms with Gasteiger partial charge in [-0.15, -0.1) is 0 Å². The lowest BCUT2D eigenvalue weighted by Crippen LogP contribution is -2.13. The molecule has 0 bridgehead atoms. The summed E-state index contributed by atoms with van der Waals surface area (Å²) < 4.78 is 13.5. The molecule has 100 valence electrons. The van der Waals surface area contributed by atoms with Crippen molar-refractivity contribution in [2.24, 2.45) is 5.84 Å². The minimum absolute atomic E-state index is 0.228. The van der Waals surface area contributed by atoms with E-state index in [1.165, 1.54) is 12.1 Å². The number of benzene rings is 1. The zero-order chi connectivity index (χ0) is 13.7. The average molecular weight is 326 g/mol. The van der Waals surface area contributed by atoms with Crippen LogP contribution >= 0.6 is 15.9 Å². The monoisotopic (exact) mass is 325 g/mol. The standard InChI is InChI=1S/C12H13BrFN5/c13-10-7-17-12(19-15)18-11(10)16-6-5-8-1-3-9(14)4-2-8/h1-4,7H,5-6,15H2,(H2,16,17,18,19). The fraction of sp³-hybridized carbons (Fsp3) is 0.167. The second kappa shape index (κ2) is 6.44. The highest BCUT2D eigenvalue weighted by Gasteiger charge is 2.03. The third-order valence-electron chi connectivity index (χ3n) is 2.49. The quantitative estimate of drug-likeness (QED) is 0.581. The summed E-state index contributed by atoms with van der Waals surface area (Å²) in [5.74, 6) is 6.02. The molecule has 0 unspecified atom stereocenters. The first-order valence-corrected chi connectivity index (χ1v) is 6.46. The van der Waals surface area contributed by atoms with E-state index < -0.39 is 0 Å². The van der Waals surface area contributed by atoms with Gasteiger partial charge in [-0.1, -0.05) is 12.1 Å². The summed E-state index contributed by atoms with van der Waals surface area (Å²) in [5.41, 5.74) is 3.44. The maximum Gasteiger partial charge on any atom is 0.239 e. The number of nitrogens with zero attached hydrogens (tertiary/aromatic N) is 2. The summed E-state index contributed by atoms with van der Waals surface area (Å²) in [6, 6.07) is 6.43. The van der Waals surface area contributed by atoms with Crippen LogP contribution in [0.15, 0.2) is 34.9 Å². The Kier molecular flexibility index (Phi) is 4.64. The van der Waals surface area contributed by atoms with Crippen molar-refractivity contribution in [3.63, 3.8) is 0 Å². The van der Waals surface area contributed by atoms with E-state index in [1.54, 1.807) is 18.3 Å². The molecule has 0 atom stereocenters. The molecule has 0 spiro atoms. The van der Waals surface area contributed by atoms with E-state index in [1.807, 2.05) is 0 Å². The van der Waals surface area contributed by atoms with Crippen molar-refractivity contribution in [2.75, 3.05) is 17.3 Å². The van der Waals surface area contributed by atoms with Crippen molar-refractivity contribution in [1.82, 2.24) is 9.97 Å². The van der Waals surface area contributed by atoms with Crippen molar-refractivity contribution >= 4 is 27.7 Å². The lowest BCUT2D eigenvalue weighted by atomic mass is 10.1. The molecule has 1 aromatic carbocycles. The second-order valence-electron chi connectivity index (χ2n) is 3.84. The average Bonchev–Trinajstić information content (AvgIpc) is 2.43.